The van der Waals surface area contributed by atoms with Gasteiger partial charge in [0.05, 0.1) is 0 Å². The van der Waals surface area contributed by atoms with Crippen molar-refractivity contribution in [2.24, 2.45) is 11.8 Å². The van der Waals surface area contributed by atoms with E-state index in [-0.39, 0.29) is 23.7 Å². The monoisotopic (exact) mass is 388 g/mol. The molecule has 1 saturated heterocycles. The average Bonchev–Trinajstić information content (AvgIpc) is 3.63. The van der Waals surface area contributed by atoms with Gasteiger partial charge in [0.25, 0.3) is 0 Å². The lowest BCUT2D eigenvalue weighted by Crippen LogP contribution is -2.46. The van der Waals surface area contributed by atoms with Crippen molar-refractivity contribution in [2.45, 2.75) is 38.1 Å². The highest BCUT2D eigenvalue weighted by Gasteiger charge is 2.38. The Balaban J connectivity index is 1.31. The molecule has 4 heteroatoms. The zero-order chi connectivity index (χ0) is 19.8. The van der Waals surface area contributed by atoms with Gasteiger partial charge in [0.2, 0.25) is 11.8 Å². The first-order chi connectivity index (χ1) is 14.2. The van der Waals surface area contributed by atoms with Gasteiger partial charge in [-0.3, -0.25) is 9.59 Å². The zero-order valence-electron chi connectivity index (χ0n) is 16.8. The third kappa shape index (κ3) is 3.68. The maximum atomic E-state index is 13.4. The fraction of sp³-hybridized carbons (Fsp3) is 0.440. The van der Waals surface area contributed by atoms with Crippen LogP contribution in [-0.2, 0) is 16.1 Å². The predicted octanol–water partition coefficient (Wildman–Crippen LogP) is 3.81. The van der Waals surface area contributed by atoms with Crippen molar-refractivity contribution < 1.29 is 9.59 Å². The topological polar surface area (TPSA) is 40.6 Å². The van der Waals surface area contributed by atoms with E-state index in [4.69, 9.17) is 0 Å². The molecule has 1 atom stereocenters. The molecular formula is C25H28N2O2. The highest BCUT2D eigenvalue weighted by molar-refractivity contribution is 5.82. The second-order valence-corrected chi connectivity index (χ2v) is 8.75. The summed E-state index contributed by atoms with van der Waals surface area (Å²) in [5, 5.41) is 0. The summed E-state index contributed by atoms with van der Waals surface area (Å²) in [5.41, 5.74) is 3.86. The molecule has 2 aromatic carbocycles. The fourth-order valence-corrected chi connectivity index (χ4v) is 4.94. The average molecular weight is 389 g/mol. The van der Waals surface area contributed by atoms with E-state index in [1.165, 1.54) is 16.7 Å². The summed E-state index contributed by atoms with van der Waals surface area (Å²) in [7, 11) is 0. The number of amides is 2. The van der Waals surface area contributed by atoms with Crippen LogP contribution in [0.15, 0.2) is 54.6 Å². The number of carbonyl (C=O) groups excluding carboxylic acids is 2. The standard InChI is InChI=1S/C25H28N2O2/c28-24(19-10-11-19)26-14-12-20(13-15-26)25(29)27-16-21-8-4-5-9-22(21)23(17-27)18-6-2-1-3-7-18/h1-9,19-20,23H,10-17H2/t23-/m0/s1. The van der Waals surface area contributed by atoms with Gasteiger partial charge >= 0.3 is 0 Å². The quantitative estimate of drug-likeness (QED) is 0.802. The third-order valence-electron chi connectivity index (χ3n) is 6.79. The molecule has 0 unspecified atom stereocenters. The van der Waals surface area contributed by atoms with Crippen LogP contribution in [0.2, 0.25) is 0 Å². The van der Waals surface area contributed by atoms with Crippen LogP contribution in [0.1, 0.15) is 48.3 Å². The summed E-state index contributed by atoms with van der Waals surface area (Å²) in [6, 6.07) is 19.0. The molecule has 1 saturated carbocycles. The van der Waals surface area contributed by atoms with Gasteiger partial charge in [0, 0.05) is 43.9 Å². The molecule has 0 N–H and O–H groups in total. The second kappa shape index (κ2) is 7.66. The number of rotatable bonds is 3. The lowest BCUT2D eigenvalue weighted by Gasteiger charge is -2.39. The Morgan fingerprint density at radius 3 is 2.07 bits per heavy atom. The van der Waals surface area contributed by atoms with E-state index >= 15 is 0 Å². The van der Waals surface area contributed by atoms with Crippen molar-refractivity contribution in [1.82, 2.24) is 9.80 Å². The Morgan fingerprint density at radius 1 is 0.724 bits per heavy atom. The van der Waals surface area contributed by atoms with Crippen LogP contribution in [0.4, 0.5) is 0 Å². The maximum absolute atomic E-state index is 13.4. The first-order valence-electron chi connectivity index (χ1n) is 10.9. The van der Waals surface area contributed by atoms with Crippen molar-refractivity contribution in [3.8, 4) is 0 Å². The summed E-state index contributed by atoms with van der Waals surface area (Å²) in [6.45, 7) is 2.90. The molecule has 0 radical (unpaired) electrons. The van der Waals surface area contributed by atoms with Crippen molar-refractivity contribution >= 4 is 11.8 Å². The number of hydrogen-bond donors (Lipinski definition) is 0. The molecule has 2 amide bonds. The number of nitrogens with zero attached hydrogens (tertiary/aromatic N) is 2. The highest BCUT2D eigenvalue weighted by atomic mass is 16.2. The normalized spacial score (nSPS) is 22.3. The molecule has 3 aliphatic rings. The van der Waals surface area contributed by atoms with Crippen molar-refractivity contribution in [2.75, 3.05) is 19.6 Å². The van der Waals surface area contributed by atoms with Gasteiger partial charge < -0.3 is 9.80 Å². The second-order valence-electron chi connectivity index (χ2n) is 8.75. The molecule has 2 fully saturated rings. The molecule has 2 aromatic rings. The SMILES string of the molecule is O=C(C1CC1)N1CCC(C(=O)N2Cc3ccccc3[C@H](c3ccccc3)C2)CC1. The Labute approximate surface area is 172 Å². The fourth-order valence-electron chi connectivity index (χ4n) is 4.94. The molecule has 2 aliphatic heterocycles. The van der Waals surface area contributed by atoms with E-state index in [2.05, 4.69) is 53.4 Å². The third-order valence-corrected chi connectivity index (χ3v) is 6.79. The minimum Gasteiger partial charge on any atom is -0.342 e. The maximum Gasteiger partial charge on any atom is 0.226 e. The summed E-state index contributed by atoms with van der Waals surface area (Å²) in [5.74, 6) is 1.11. The van der Waals surface area contributed by atoms with Crippen LogP contribution >= 0.6 is 0 Å². The Morgan fingerprint density at radius 2 is 1.34 bits per heavy atom. The lowest BCUT2D eigenvalue weighted by molar-refractivity contribution is -0.142. The summed E-state index contributed by atoms with van der Waals surface area (Å²) in [6.07, 6.45) is 3.69. The summed E-state index contributed by atoms with van der Waals surface area (Å²) in [4.78, 5) is 29.7. The molecule has 5 rings (SSSR count). The number of carbonyl (C=O) groups is 2. The van der Waals surface area contributed by atoms with E-state index in [9.17, 15) is 9.59 Å². The number of likely N-dealkylation sites (tertiary alicyclic amines) is 1. The number of benzene rings is 2. The van der Waals surface area contributed by atoms with Gasteiger partial charge in [0.1, 0.15) is 0 Å². The molecule has 2 heterocycles. The van der Waals surface area contributed by atoms with Crippen LogP contribution < -0.4 is 0 Å². The van der Waals surface area contributed by atoms with Crippen LogP contribution in [-0.4, -0.2) is 41.2 Å². The molecule has 0 aromatic heterocycles. The Kier molecular flexibility index (Phi) is 4.86. The van der Waals surface area contributed by atoms with Gasteiger partial charge in [-0.25, -0.2) is 0 Å². The van der Waals surface area contributed by atoms with Crippen molar-refractivity contribution in [1.29, 1.82) is 0 Å². The summed E-state index contributed by atoms with van der Waals surface area (Å²) >= 11 is 0. The molecule has 29 heavy (non-hydrogen) atoms. The van der Waals surface area contributed by atoms with E-state index < -0.39 is 0 Å². The largest absolute Gasteiger partial charge is 0.342 e. The molecular weight excluding hydrogens is 360 g/mol. The van der Waals surface area contributed by atoms with Crippen LogP contribution in [0.25, 0.3) is 0 Å². The molecule has 0 spiro atoms. The van der Waals surface area contributed by atoms with E-state index in [1.54, 1.807) is 0 Å². The van der Waals surface area contributed by atoms with Gasteiger partial charge in [-0.2, -0.15) is 0 Å². The minimum absolute atomic E-state index is 0.0416. The van der Waals surface area contributed by atoms with Gasteiger partial charge in [-0.15, -0.1) is 0 Å². The van der Waals surface area contributed by atoms with Crippen LogP contribution in [0.3, 0.4) is 0 Å². The van der Waals surface area contributed by atoms with Crippen molar-refractivity contribution in [3.05, 3.63) is 71.3 Å². The molecule has 1 aliphatic carbocycles. The zero-order valence-corrected chi connectivity index (χ0v) is 16.8. The smallest absolute Gasteiger partial charge is 0.226 e. The molecule has 0 bridgehead atoms. The van der Waals surface area contributed by atoms with Crippen LogP contribution in [0.5, 0.6) is 0 Å². The highest BCUT2D eigenvalue weighted by Crippen LogP contribution is 2.36. The van der Waals surface area contributed by atoms with Crippen molar-refractivity contribution in [3.63, 3.8) is 0 Å². The first-order valence-corrected chi connectivity index (χ1v) is 10.9. The predicted molar refractivity (Wildman–Crippen MR) is 112 cm³/mol. The van der Waals surface area contributed by atoms with Gasteiger partial charge in [-0.05, 0) is 42.4 Å². The van der Waals surface area contributed by atoms with E-state index in [0.717, 1.165) is 45.3 Å². The van der Waals surface area contributed by atoms with Crippen LogP contribution in [0, 0.1) is 11.8 Å². The molecule has 4 nitrogen and oxygen atoms in total. The van der Waals surface area contributed by atoms with Gasteiger partial charge in [0.15, 0.2) is 0 Å². The van der Waals surface area contributed by atoms with Gasteiger partial charge in [-0.1, -0.05) is 54.6 Å². The lowest BCUT2D eigenvalue weighted by atomic mass is 9.83. The Bertz CT molecular complexity index is 898. The van der Waals surface area contributed by atoms with E-state index in [1.807, 2.05) is 11.0 Å². The number of piperidine rings is 1. The Hall–Kier alpha value is -2.62. The minimum atomic E-state index is 0.0416. The molecule has 150 valence electrons. The number of hydrogen-bond acceptors (Lipinski definition) is 2. The summed E-state index contributed by atoms with van der Waals surface area (Å²) < 4.78 is 0. The number of fused-ring (bicyclic) bond motifs is 1. The van der Waals surface area contributed by atoms with E-state index in [0.29, 0.717) is 12.5 Å². The first kappa shape index (κ1) is 18.4.